The number of esters is 1. The van der Waals surface area contributed by atoms with Gasteiger partial charge in [-0.3, -0.25) is 4.57 Å². The van der Waals surface area contributed by atoms with Crippen molar-refractivity contribution in [1.82, 2.24) is 14.4 Å². The van der Waals surface area contributed by atoms with Gasteiger partial charge in [0.1, 0.15) is 5.75 Å². The minimum atomic E-state index is -0.616. The summed E-state index contributed by atoms with van der Waals surface area (Å²) in [4.78, 5) is 29.0. The predicted molar refractivity (Wildman–Crippen MR) is 118 cm³/mol. The average Bonchev–Trinajstić information content (AvgIpc) is 3.15. The first-order valence-electron chi connectivity index (χ1n) is 10.2. The summed E-state index contributed by atoms with van der Waals surface area (Å²) in [6.45, 7) is 3.13. The molecule has 1 aromatic carbocycles. The van der Waals surface area contributed by atoms with Gasteiger partial charge in [0, 0.05) is 43.4 Å². The van der Waals surface area contributed by atoms with Gasteiger partial charge in [-0.2, -0.15) is 0 Å². The second-order valence-electron chi connectivity index (χ2n) is 7.49. The molecule has 0 radical (unpaired) electrons. The first kappa shape index (κ1) is 22.4. The molecular formula is C23H29N3O5. The molecule has 1 aliphatic heterocycles. The molecule has 0 saturated heterocycles. The number of allylic oxidation sites excluding steroid dienone is 1. The number of carbonyl (C=O) groups is 2. The molecule has 2 aromatic rings. The molecule has 0 N–H and O–H groups in total. The number of likely N-dealkylation sites (N-methyl/N-ethyl adjacent to an activating group) is 1. The zero-order chi connectivity index (χ0) is 22.4. The Morgan fingerprint density at radius 2 is 2.00 bits per heavy atom. The fourth-order valence-electron chi connectivity index (χ4n) is 3.34. The van der Waals surface area contributed by atoms with Gasteiger partial charge in [0.15, 0.2) is 0 Å². The Bertz CT molecular complexity index is 1010. The Kier molecular flexibility index (Phi) is 7.36. The van der Waals surface area contributed by atoms with Crippen molar-refractivity contribution in [2.75, 3.05) is 41.1 Å². The smallest absolute Gasteiger partial charge is 0.421 e. The molecule has 8 heteroatoms. The zero-order valence-electron chi connectivity index (χ0n) is 18.5. The Morgan fingerprint density at radius 3 is 2.71 bits per heavy atom. The number of hydrogen-bond donors (Lipinski definition) is 0. The van der Waals surface area contributed by atoms with Crippen LogP contribution in [0.4, 0.5) is 4.79 Å². The number of hydrogen-bond acceptors (Lipinski definition) is 7. The van der Waals surface area contributed by atoms with Gasteiger partial charge in [-0.15, -0.1) is 0 Å². The van der Waals surface area contributed by atoms with Gasteiger partial charge in [-0.1, -0.05) is 6.08 Å². The standard InChI is InChI=1S/C23H29N3O5/c1-5-25-11-6-7-18(14-25)22(27)30-16-31-23(28)26-15-17(10-12-24(2)3)20-9-8-19(29-4)13-21(20)26/h6,8-9,11,13-15H,5,7,10,12,16H2,1-4H3. The van der Waals surface area contributed by atoms with Crippen LogP contribution in [0.2, 0.25) is 0 Å². The lowest BCUT2D eigenvalue weighted by molar-refractivity contribution is -0.147. The van der Waals surface area contributed by atoms with Crippen LogP contribution in [-0.2, 0) is 20.7 Å². The number of benzene rings is 1. The lowest BCUT2D eigenvalue weighted by Crippen LogP contribution is -2.20. The molecular weight excluding hydrogens is 398 g/mol. The van der Waals surface area contributed by atoms with Gasteiger partial charge in [0.2, 0.25) is 6.79 Å². The van der Waals surface area contributed by atoms with Crippen molar-refractivity contribution in [2.45, 2.75) is 19.8 Å². The highest BCUT2D eigenvalue weighted by molar-refractivity contribution is 5.93. The number of rotatable bonds is 8. The summed E-state index contributed by atoms with van der Waals surface area (Å²) < 4.78 is 17.1. The molecule has 0 aliphatic carbocycles. The quantitative estimate of drug-likeness (QED) is 0.472. The minimum absolute atomic E-state index is 0.457. The van der Waals surface area contributed by atoms with Crippen LogP contribution in [0, 0.1) is 0 Å². The third-order valence-corrected chi connectivity index (χ3v) is 5.08. The van der Waals surface area contributed by atoms with Crippen molar-refractivity contribution in [1.29, 1.82) is 0 Å². The molecule has 166 valence electrons. The maximum absolute atomic E-state index is 12.7. The van der Waals surface area contributed by atoms with E-state index in [0.29, 0.717) is 23.3 Å². The van der Waals surface area contributed by atoms with Crippen LogP contribution in [0.5, 0.6) is 5.75 Å². The van der Waals surface area contributed by atoms with E-state index < -0.39 is 18.9 Å². The Hall–Kier alpha value is -3.26. The van der Waals surface area contributed by atoms with Crippen molar-refractivity contribution in [3.63, 3.8) is 0 Å². The average molecular weight is 428 g/mol. The predicted octanol–water partition coefficient (Wildman–Crippen LogP) is 3.36. The van der Waals surface area contributed by atoms with Gasteiger partial charge in [-0.25, -0.2) is 9.59 Å². The van der Waals surface area contributed by atoms with Crippen molar-refractivity contribution in [3.05, 3.63) is 54.0 Å². The third-order valence-electron chi connectivity index (χ3n) is 5.08. The summed E-state index contributed by atoms with van der Waals surface area (Å²) in [7, 11) is 5.58. The van der Waals surface area contributed by atoms with Crippen LogP contribution in [0.3, 0.4) is 0 Å². The summed E-state index contributed by atoms with van der Waals surface area (Å²) in [6.07, 6.45) is 7.96. The third kappa shape index (κ3) is 5.46. The first-order chi connectivity index (χ1) is 14.9. The van der Waals surface area contributed by atoms with E-state index in [1.165, 1.54) is 4.57 Å². The van der Waals surface area contributed by atoms with Crippen molar-refractivity contribution >= 4 is 23.0 Å². The summed E-state index contributed by atoms with van der Waals surface area (Å²) in [5.74, 6) is 0.143. The first-order valence-corrected chi connectivity index (χ1v) is 10.2. The van der Waals surface area contributed by atoms with Gasteiger partial charge < -0.3 is 24.0 Å². The highest BCUT2D eigenvalue weighted by atomic mass is 16.7. The van der Waals surface area contributed by atoms with Gasteiger partial charge in [-0.05, 0) is 51.3 Å². The second-order valence-corrected chi connectivity index (χ2v) is 7.49. The Balaban J connectivity index is 1.69. The molecule has 0 atom stereocenters. The minimum Gasteiger partial charge on any atom is -0.497 e. The van der Waals surface area contributed by atoms with Crippen LogP contribution < -0.4 is 4.74 Å². The molecule has 0 bridgehead atoms. The fraction of sp³-hybridized carbons (Fsp3) is 0.391. The maximum atomic E-state index is 12.7. The van der Waals surface area contributed by atoms with Crippen molar-refractivity contribution in [2.24, 2.45) is 0 Å². The van der Waals surface area contributed by atoms with Crippen molar-refractivity contribution in [3.8, 4) is 5.75 Å². The summed E-state index contributed by atoms with van der Waals surface area (Å²) in [5, 5.41) is 0.954. The molecule has 0 fully saturated rings. The zero-order valence-corrected chi connectivity index (χ0v) is 18.5. The van der Waals surface area contributed by atoms with E-state index >= 15 is 0 Å². The SMILES string of the molecule is CCN1C=CCC(C(=O)OCOC(=O)n2cc(CCN(C)C)c3ccc(OC)cc32)=C1. The molecule has 1 aromatic heterocycles. The molecule has 0 amide bonds. The molecule has 0 unspecified atom stereocenters. The molecule has 31 heavy (non-hydrogen) atoms. The number of nitrogens with zero attached hydrogens (tertiary/aromatic N) is 3. The normalized spacial score (nSPS) is 13.5. The molecule has 0 saturated carbocycles. The number of ether oxygens (including phenoxy) is 3. The van der Waals surface area contributed by atoms with E-state index in [4.69, 9.17) is 14.2 Å². The van der Waals surface area contributed by atoms with Crippen LogP contribution in [0.25, 0.3) is 10.9 Å². The molecule has 3 rings (SSSR count). The van der Waals surface area contributed by atoms with Gasteiger partial charge in [0.25, 0.3) is 0 Å². The lowest BCUT2D eigenvalue weighted by Gasteiger charge is -2.18. The van der Waals surface area contributed by atoms with E-state index in [1.807, 2.05) is 50.3 Å². The number of aromatic nitrogens is 1. The van der Waals surface area contributed by atoms with E-state index in [-0.39, 0.29) is 0 Å². The van der Waals surface area contributed by atoms with Crippen LogP contribution in [-0.4, -0.2) is 67.5 Å². The van der Waals surface area contributed by atoms with E-state index in [2.05, 4.69) is 4.90 Å². The monoisotopic (exact) mass is 427 g/mol. The summed E-state index contributed by atoms with van der Waals surface area (Å²) >= 11 is 0. The lowest BCUT2D eigenvalue weighted by atomic mass is 10.1. The maximum Gasteiger partial charge on any atom is 0.421 e. The summed E-state index contributed by atoms with van der Waals surface area (Å²) in [6, 6.07) is 5.59. The molecule has 0 spiro atoms. The second kappa shape index (κ2) is 10.2. The van der Waals surface area contributed by atoms with Crippen molar-refractivity contribution < 1.29 is 23.8 Å². The highest BCUT2D eigenvalue weighted by Gasteiger charge is 2.18. The van der Waals surface area contributed by atoms with E-state index in [0.717, 1.165) is 30.5 Å². The Morgan fingerprint density at radius 1 is 1.19 bits per heavy atom. The number of methoxy groups -OCH3 is 1. The topological polar surface area (TPSA) is 73.2 Å². The van der Waals surface area contributed by atoms with E-state index in [9.17, 15) is 9.59 Å². The molecule has 1 aliphatic rings. The highest BCUT2D eigenvalue weighted by Crippen LogP contribution is 2.26. The summed E-state index contributed by atoms with van der Waals surface area (Å²) in [5.41, 5.74) is 2.23. The molecule has 8 nitrogen and oxygen atoms in total. The fourth-order valence-corrected chi connectivity index (χ4v) is 3.34. The largest absolute Gasteiger partial charge is 0.497 e. The van der Waals surface area contributed by atoms with E-state index in [1.54, 1.807) is 25.6 Å². The number of carbonyl (C=O) groups excluding carboxylic acids is 2. The Labute approximate surface area is 182 Å². The van der Waals surface area contributed by atoms with Gasteiger partial charge in [0.05, 0.1) is 18.2 Å². The van der Waals surface area contributed by atoms with Crippen LogP contribution in [0.1, 0.15) is 18.9 Å². The van der Waals surface area contributed by atoms with Gasteiger partial charge >= 0.3 is 12.1 Å². The van der Waals surface area contributed by atoms with Crippen LogP contribution in [0.15, 0.2) is 48.4 Å². The molecule has 2 heterocycles. The van der Waals surface area contributed by atoms with Crippen LogP contribution >= 0.6 is 0 Å². The number of fused-ring (bicyclic) bond motifs is 1.